The van der Waals surface area contributed by atoms with Crippen molar-refractivity contribution in [1.29, 1.82) is 0 Å². The van der Waals surface area contributed by atoms with Crippen LogP contribution in [0.2, 0.25) is 0 Å². The molecule has 2 atom stereocenters. The molecule has 0 radical (unpaired) electrons. The number of aliphatic hydroxyl groups excluding tert-OH is 2. The van der Waals surface area contributed by atoms with Gasteiger partial charge in [0.05, 0.1) is 25.4 Å². The lowest BCUT2D eigenvalue weighted by atomic mass is 10.0. The molecule has 542 valence electrons. The van der Waals surface area contributed by atoms with Gasteiger partial charge in [-0.05, 0) is 89.9 Å². The zero-order valence-electron chi connectivity index (χ0n) is 62.3. The number of unbranched alkanes of at least 4 members (excludes halogenated alkanes) is 62. The molecule has 0 rings (SSSR count). The van der Waals surface area contributed by atoms with E-state index >= 15 is 0 Å². The van der Waals surface area contributed by atoms with Gasteiger partial charge in [0.15, 0.2) is 0 Å². The molecule has 0 bridgehead atoms. The molecule has 3 N–H and O–H groups in total. The highest BCUT2D eigenvalue weighted by Crippen LogP contribution is 2.20. The first-order valence-corrected chi connectivity index (χ1v) is 41.9. The van der Waals surface area contributed by atoms with Crippen LogP contribution < -0.4 is 5.32 Å². The standard InChI is InChI=1S/C86H163NO5/c1-3-5-7-9-11-13-15-17-19-20-21-41-44-47-51-54-58-62-66-70-74-78-84(89)83(82-88)87-85(90)79-75-71-67-63-59-55-52-48-45-42-39-37-35-33-31-29-27-25-23-22-24-26-28-30-32-34-36-38-40-43-46-49-53-57-61-65-69-73-77-81-92-86(91)80-76-72-68-64-60-56-50-18-16-14-12-10-8-6-4-2/h12,14,18,22-23,50,74,78,83-84,88-89H,3-11,13,15-17,19-21,24-49,51-73,75-77,79-82H2,1-2H3,(H,87,90)/b14-12-,23-22-,50-18-,78-74+. The van der Waals surface area contributed by atoms with Gasteiger partial charge in [0.25, 0.3) is 0 Å². The summed E-state index contributed by atoms with van der Waals surface area (Å²) in [6.07, 6.45) is 108. The van der Waals surface area contributed by atoms with Gasteiger partial charge in [-0.15, -0.1) is 0 Å². The second-order valence-corrected chi connectivity index (χ2v) is 28.8. The Balaban J connectivity index is 3.35. The molecule has 0 aromatic rings. The summed E-state index contributed by atoms with van der Waals surface area (Å²) >= 11 is 0. The van der Waals surface area contributed by atoms with E-state index in [2.05, 4.69) is 55.6 Å². The third kappa shape index (κ3) is 76.8. The lowest BCUT2D eigenvalue weighted by Gasteiger charge is -2.20. The minimum absolute atomic E-state index is 0.00871. The smallest absolute Gasteiger partial charge is 0.305 e. The summed E-state index contributed by atoms with van der Waals surface area (Å²) in [6.45, 7) is 4.92. The predicted octanol–water partition coefficient (Wildman–Crippen LogP) is 27.9. The van der Waals surface area contributed by atoms with Crippen LogP contribution in [0.25, 0.3) is 0 Å². The molecular weight excluding hydrogens is 1130 g/mol. The van der Waals surface area contributed by atoms with Gasteiger partial charge in [0.2, 0.25) is 5.91 Å². The minimum Gasteiger partial charge on any atom is -0.466 e. The molecule has 0 heterocycles. The molecule has 0 aromatic carbocycles. The minimum atomic E-state index is -0.843. The van der Waals surface area contributed by atoms with Crippen molar-refractivity contribution >= 4 is 11.9 Å². The van der Waals surface area contributed by atoms with Gasteiger partial charge in [-0.25, -0.2) is 0 Å². The number of aliphatic hydroxyl groups is 2. The zero-order chi connectivity index (χ0) is 66.3. The van der Waals surface area contributed by atoms with Gasteiger partial charge in [-0.1, -0.05) is 409 Å². The molecule has 0 fully saturated rings. The first kappa shape index (κ1) is 89.8. The Kier molecular flexibility index (Phi) is 79.3. The van der Waals surface area contributed by atoms with E-state index in [1.807, 2.05) is 6.08 Å². The van der Waals surface area contributed by atoms with E-state index in [1.165, 1.54) is 385 Å². The van der Waals surface area contributed by atoms with Gasteiger partial charge in [-0.2, -0.15) is 0 Å². The molecule has 0 spiro atoms. The Morgan fingerprint density at radius 2 is 0.543 bits per heavy atom. The molecule has 0 saturated heterocycles. The maximum atomic E-state index is 12.5. The lowest BCUT2D eigenvalue weighted by molar-refractivity contribution is -0.143. The van der Waals surface area contributed by atoms with Crippen LogP contribution in [0, 0.1) is 0 Å². The monoisotopic (exact) mass is 1290 g/mol. The van der Waals surface area contributed by atoms with Crippen LogP contribution in [0.4, 0.5) is 0 Å². The van der Waals surface area contributed by atoms with Gasteiger partial charge in [0, 0.05) is 12.8 Å². The Bertz CT molecular complexity index is 1540. The van der Waals surface area contributed by atoms with Crippen molar-refractivity contribution in [2.45, 2.75) is 475 Å². The van der Waals surface area contributed by atoms with Crippen LogP contribution in [-0.4, -0.2) is 47.4 Å². The Morgan fingerprint density at radius 3 is 0.859 bits per heavy atom. The molecule has 0 aromatic heterocycles. The number of allylic oxidation sites excluding steroid dienone is 7. The van der Waals surface area contributed by atoms with Crippen molar-refractivity contribution in [3.8, 4) is 0 Å². The number of rotatable bonds is 79. The topological polar surface area (TPSA) is 95.9 Å². The SMILES string of the molecule is CCCCC/C=C\C/C=C\CCCCCCCC(=O)OCCCCCCCCCCCCCCCCCCCC/C=C\CCCCCCCCCCCCCCCCCCCC(=O)NC(CO)C(O)/C=C/CCCCCCCCCCCCCCCCCCCCC. The fourth-order valence-electron chi connectivity index (χ4n) is 13.2. The molecule has 92 heavy (non-hydrogen) atoms. The molecule has 6 nitrogen and oxygen atoms in total. The van der Waals surface area contributed by atoms with Crippen LogP contribution in [0.3, 0.4) is 0 Å². The van der Waals surface area contributed by atoms with E-state index in [0.717, 1.165) is 51.4 Å². The Morgan fingerprint density at radius 1 is 0.304 bits per heavy atom. The number of carbonyl (C=O) groups is 2. The number of amides is 1. The zero-order valence-corrected chi connectivity index (χ0v) is 62.3. The molecular formula is C86H163NO5. The predicted molar refractivity (Wildman–Crippen MR) is 407 cm³/mol. The fourth-order valence-corrected chi connectivity index (χ4v) is 13.2. The Hall–Kier alpha value is -2.18. The van der Waals surface area contributed by atoms with E-state index in [0.29, 0.717) is 19.4 Å². The van der Waals surface area contributed by atoms with Crippen LogP contribution in [0.1, 0.15) is 463 Å². The van der Waals surface area contributed by atoms with E-state index in [4.69, 9.17) is 4.74 Å². The van der Waals surface area contributed by atoms with Crippen molar-refractivity contribution in [1.82, 2.24) is 5.32 Å². The van der Waals surface area contributed by atoms with E-state index in [1.54, 1.807) is 6.08 Å². The highest BCUT2D eigenvalue weighted by atomic mass is 16.5. The molecule has 2 unspecified atom stereocenters. The normalized spacial score (nSPS) is 12.7. The third-order valence-corrected chi connectivity index (χ3v) is 19.6. The first-order chi connectivity index (χ1) is 45.5. The number of hydrogen-bond acceptors (Lipinski definition) is 5. The number of esters is 1. The van der Waals surface area contributed by atoms with Crippen LogP contribution in [-0.2, 0) is 14.3 Å². The summed E-state index contributed by atoms with van der Waals surface area (Å²) in [6, 6.07) is -0.626. The molecule has 0 saturated carbocycles. The van der Waals surface area contributed by atoms with Crippen molar-refractivity contribution in [3.63, 3.8) is 0 Å². The highest BCUT2D eigenvalue weighted by Gasteiger charge is 2.18. The van der Waals surface area contributed by atoms with Gasteiger partial charge >= 0.3 is 5.97 Å². The largest absolute Gasteiger partial charge is 0.466 e. The Labute approximate surface area is 576 Å². The van der Waals surface area contributed by atoms with E-state index in [9.17, 15) is 19.8 Å². The van der Waals surface area contributed by atoms with E-state index in [-0.39, 0.29) is 18.5 Å². The lowest BCUT2D eigenvalue weighted by Crippen LogP contribution is -2.45. The number of hydrogen-bond donors (Lipinski definition) is 3. The number of carbonyl (C=O) groups excluding carboxylic acids is 2. The summed E-state index contributed by atoms with van der Waals surface area (Å²) < 4.78 is 5.50. The summed E-state index contributed by atoms with van der Waals surface area (Å²) in [7, 11) is 0. The van der Waals surface area contributed by atoms with Gasteiger partial charge in [-0.3, -0.25) is 9.59 Å². The maximum Gasteiger partial charge on any atom is 0.305 e. The second-order valence-electron chi connectivity index (χ2n) is 28.8. The van der Waals surface area contributed by atoms with Crippen molar-refractivity contribution in [2.24, 2.45) is 0 Å². The summed E-state index contributed by atoms with van der Waals surface area (Å²) in [5.41, 5.74) is 0. The number of nitrogens with one attached hydrogen (secondary N) is 1. The second kappa shape index (κ2) is 81.2. The summed E-state index contributed by atoms with van der Waals surface area (Å²) in [5.74, 6) is -0.0504. The summed E-state index contributed by atoms with van der Waals surface area (Å²) in [4.78, 5) is 24.6. The average Bonchev–Trinajstić information content (AvgIpc) is 3.76. The van der Waals surface area contributed by atoms with Crippen LogP contribution >= 0.6 is 0 Å². The van der Waals surface area contributed by atoms with E-state index < -0.39 is 12.1 Å². The molecule has 6 heteroatoms. The average molecular weight is 1290 g/mol. The van der Waals surface area contributed by atoms with Crippen molar-refractivity contribution in [2.75, 3.05) is 13.2 Å². The molecule has 0 aliphatic heterocycles. The van der Waals surface area contributed by atoms with Gasteiger partial charge < -0.3 is 20.3 Å². The molecule has 0 aliphatic carbocycles. The third-order valence-electron chi connectivity index (χ3n) is 19.6. The fraction of sp³-hybridized carbons (Fsp3) is 0.884. The summed E-state index contributed by atoms with van der Waals surface area (Å²) in [5, 5.41) is 23.3. The van der Waals surface area contributed by atoms with Crippen LogP contribution in [0.5, 0.6) is 0 Å². The molecule has 0 aliphatic rings. The van der Waals surface area contributed by atoms with Crippen molar-refractivity contribution in [3.05, 3.63) is 48.6 Å². The highest BCUT2D eigenvalue weighted by molar-refractivity contribution is 5.76. The number of ether oxygens (including phenoxy) is 1. The quantitative estimate of drug-likeness (QED) is 0.0320. The maximum absolute atomic E-state index is 12.5. The van der Waals surface area contributed by atoms with Gasteiger partial charge in [0.1, 0.15) is 0 Å². The first-order valence-electron chi connectivity index (χ1n) is 41.9. The van der Waals surface area contributed by atoms with Crippen LogP contribution in [0.15, 0.2) is 48.6 Å². The molecule has 1 amide bonds. The van der Waals surface area contributed by atoms with Crippen molar-refractivity contribution < 1.29 is 24.5 Å².